The molecular formula is C15H25N5OS. The Labute approximate surface area is 135 Å². The van der Waals surface area contributed by atoms with Gasteiger partial charge in [-0.3, -0.25) is 0 Å². The van der Waals surface area contributed by atoms with Crippen molar-refractivity contribution in [2.24, 2.45) is 0 Å². The van der Waals surface area contributed by atoms with Crippen LogP contribution in [-0.4, -0.2) is 44.4 Å². The maximum atomic E-state index is 12.0. The van der Waals surface area contributed by atoms with Crippen molar-refractivity contribution >= 4 is 17.8 Å². The molecular weight excluding hydrogens is 298 g/mol. The molecule has 7 heteroatoms. The van der Waals surface area contributed by atoms with E-state index in [2.05, 4.69) is 32.3 Å². The minimum Gasteiger partial charge on any atom is -0.338 e. The number of thioether (sulfide) groups is 1. The largest absolute Gasteiger partial charge is 0.338 e. The quantitative estimate of drug-likeness (QED) is 0.836. The highest BCUT2D eigenvalue weighted by Gasteiger charge is 2.25. The van der Waals surface area contributed by atoms with Gasteiger partial charge in [0.05, 0.1) is 0 Å². The fourth-order valence-corrected chi connectivity index (χ4v) is 4.52. The number of carbonyl (C=O) groups is 1. The summed E-state index contributed by atoms with van der Waals surface area (Å²) in [6.07, 6.45) is 6.35. The van der Waals surface area contributed by atoms with Crippen molar-refractivity contribution in [1.82, 2.24) is 25.4 Å². The lowest BCUT2D eigenvalue weighted by Crippen LogP contribution is -2.42. The summed E-state index contributed by atoms with van der Waals surface area (Å²) in [5.41, 5.74) is 0. The first-order chi connectivity index (χ1) is 10.8. The summed E-state index contributed by atoms with van der Waals surface area (Å²) in [5, 5.41) is 15.2. The van der Waals surface area contributed by atoms with E-state index >= 15 is 0 Å². The summed E-state index contributed by atoms with van der Waals surface area (Å²) < 4.78 is 2.18. The number of hydrogen-bond acceptors (Lipinski definition) is 4. The summed E-state index contributed by atoms with van der Waals surface area (Å²) >= 11 is 2.01. The fraction of sp³-hybridized carbons (Fsp3) is 0.800. The number of hydrogen-bond donors (Lipinski definition) is 2. The number of amides is 2. The van der Waals surface area contributed by atoms with Crippen LogP contribution in [0.25, 0.3) is 0 Å². The molecule has 122 valence electrons. The Hall–Kier alpha value is -1.24. The third-order valence-corrected chi connectivity index (χ3v) is 5.68. The first kappa shape index (κ1) is 15.6. The molecule has 1 fully saturated rings. The molecule has 1 aliphatic heterocycles. The summed E-state index contributed by atoms with van der Waals surface area (Å²) in [7, 11) is 0. The second-order valence-corrected chi connectivity index (χ2v) is 7.60. The van der Waals surface area contributed by atoms with Crippen LogP contribution in [0, 0.1) is 0 Å². The zero-order chi connectivity index (χ0) is 15.4. The SMILES string of the molecule is CCS[C@H]1CC[C@H](NC(=O)NCCc2nnc3n2CCC3)C1. The van der Waals surface area contributed by atoms with Gasteiger partial charge >= 0.3 is 6.03 Å². The van der Waals surface area contributed by atoms with Crippen molar-refractivity contribution < 1.29 is 4.79 Å². The molecule has 1 aromatic rings. The van der Waals surface area contributed by atoms with E-state index in [9.17, 15) is 4.79 Å². The Morgan fingerprint density at radius 2 is 2.32 bits per heavy atom. The van der Waals surface area contributed by atoms with Gasteiger partial charge in [-0.05, 0) is 31.4 Å². The zero-order valence-corrected chi connectivity index (χ0v) is 14.0. The van der Waals surface area contributed by atoms with Gasteiger partial charge in [0, 0.05) is 37.2 Å². The second-order valence-electron chi connectivity index (χ2n) is 6.03. The van der Waals surface area contributed by atoms with E-state index in [1.54, 1.807) is 0 Å². The molecule has 0 saturated heterocycles. The van der Waals surface area contributed by atoms with Crippen LogP contribution < -0.4 is 10.6 Å². The Bertz CT molecular complexity index is 518. The van der Waals surface area contributed by atoms with Crippen molar-refractivity contribution in [3.63, 3.8) is 0 Å². The maximum Gasteiger partial charge on any atom is 0.315 e. The number of rotatable bonds is 6. The molecule has 1 aliphatic carbocycles. The minimum absolute atomic E-state index is 0.0479. The lowest BCUT2D eigenvalue weighted by molar-refractivity contribution is 0.237. The van der Waals surface area contributed by atoms with Crippen LogP contribution >= 0.6 is 11.8 Å². The first-order valence-electron chi connectivity index (χ1n) is 8.33. The predicted molar refractivity (Wildman–Crippen MR) is 88.1 cm³/mol. The van der Waals surface area contributed by atoms with E-state index < -0.39 is 0 Å². The first-order valence-corrected chi connectivity index (χ1v) is 9.38. The second kappa shape index (κ2) is 7.35. The van der Waals surface area contributed by atoms with Crippen LogP contribution in [0.1, 0.15) is 44.3 Å². The molecule has 0 spiro atoms. The van der Waals surface area contributed by atoms with E-state index in [1.165, 1.54) is 6.42 Å². The monoisotopic (exact) mass is 323 g/mol. The molecule has 3 rings (SSSR count). The summed E-state index contributed by atoms with van der Waals surface area (Å²) in [6.45, 7) is 3.83. The van der Waals surface area contributed by atoms with Crippen molar-refractivity contribution in [1.29, 1.82) is 0 Å². The Balaban J connectivity index is 1.36. The maximum absolute atomic E-state index is 12.0. The molecule has 0 bridgehead atoms. The summed E-state index contributed by atoms with van der Waals surface area (Å²) in [5.74, 6) is 3.24. The van der Waals surface area contributed by atoms with E-state index in [0.717, 1.165) is 56.1 Å². The molecule has 2 aliphatic rings. The minimum atomic E-state index is -0.0479. The van der Waals surface area contributed by atoms with Crippen LogP contribution in [-0.2, 0) is 19.4 Å². The van der Waals surface area contributed by atoms with E-state index in [1.807, 2.05) is 11.8 Å². The number of carbonyl (C=O) groups excluding carboxylic acids is 1. The number of fused-ring (bicyclic) bond motifs is 1. The van der Waals surface area contributed by atoms with Crippen LogP contribution in [0.4, 0.5) is 4.79 Å². The molecule has 2 heterocycles. The molecule has 0 aromatic carbocycles. The van der Waals surface area contributed by atoms with Crippen molar-refractivity contribution in [3.05, 3.63) is 11.6 Å². The summed E-state index contributed by atoms with van der Waals surface area (Å²) in [4.78, 5) is 12.0. The van der Waals surface area contributed by atoms with Gasteiger partial charge in [-0.1, -0.05) is 6.92 Å². The Morgan fingerprint density at radius 3 is 3.18 bits per heavy atom. The highest BCUT2D eigenvalue weighted by Crippen LogP contribution is 2.29. The van der Waals surface area contributed by atoms with Crippen molar-refractivity contribution in [2.75, 3.05) is 12.3 Å². The number of urea groups is 1. The zero-order valence-electron chi connectivity index (χ0n) is 13.2. The molecule has 2 amide bonds. The number of aromatic nitrogens is 3. The lowest BCUT2D eigenvalue weighted by atomic mass is 10.2. The third-order valence-electron chi connectivity index (χ3n) is 4.44. The molecule has 2 N–H and O–H groups in total. The van der Waals surface area contributed by atoms with Crippen molar-refractivity contribution in [3.8, 4) is 0 Å². The van der Waals surface area contributed by atoms with Gasteiger partial charge in [0.15, 0.2) is 0 Å². The molecule has 22 heavy (non-hydrogen) atoms. The van der Waals surface area contributed by atoms with Gasteiger partial charge in [0.25, 0.3) is 0 Å². The van der Waals surface area contributed by atoms with Crippen LogP contribution in [0.3, 0.4) is 0 Å². The summed E-state index contributed by atoms with van der Waals surface area (Å²) in [6, 6.07) is 0.287. The lowest BCUT2D eigenvalue weighted by Gasteiger charge is -2.14. The molecule has 1 aromatic heterocycles. The fourth-order valence-electron chi connectivity index (χ4n) is 3.38. The number of nitrogens with one attached hydrogen (secondary N) is 2. The van der Waals surface area contributed by atoms with Gasteiger partial charge in [-0.2, -0.15) is 11.8 Å². The molecule has 0 radical (unpaired) electrons. The highest BCUT2D eigenvalue weighted by molar-refractivity contribution is 7.99. The van der Waals surface area contributed by atoms with Gasteiger partial charge < -0.3 is 15.2 Å². The van der Waals surface area contributed by atoms with Gasteiger partial charge in [-0.25, -0.2) is 4.79 Å². The number of aryl methyl sites for hydroxylation is 1. The standard InChI is InChI=1S/C15H25N5OS/c1-2-22-12-6-5-11(10-12)17-15(21)16-8-7-14-19-18-13-4-3-9-20(13)14/h11-12H,2-10H2,1H3,(H2,16,17,21)/t11-,12-/m0/s1. The van der Waals surface area contributed by atoms with E-state index in [-0.39, 0.29) is 6.03 Å². The highest BCUT2D eigenvalue weighted by atomic mass is 32.2. The van der Waals surface area contributed by atoms with Crippen molar-refractivity contribution in [2.45, 2.75) is 63.3 Å². The Morgan fingerprint density at radius 1 is 1.41 bits per heavy atom. The van der Waals surface area contributed by atoms with E-state index in [0.29, 0.717) is 17.8 Å². The Kier molecular flexibility index (Phi) is 5.23. The molecule has 6 nitrogen and oxygen atoms in total. The number of nitrogens with zero attached hydrogens (tertiary/aromatic N) is 3. The van der Waals surface area contributed by atoms with Gasteiger partial charge in [0.1, 0.15) is 11.6 Å². The third kappa shape index (κ3) is 3.74. The van der Waals surface area contributed by atoms with Gasteiger partial charge in [-0.15, -0.1) is 10.2 Å². The van der Waals surface area contributed by atoms with E-state index in [4.69, 9.17) is 0 Å². The average Bonchev–Trinajstić information content (AvgIpc) is 3.18. The average molecular weight is 323 g/mol. The van der Waals surface area contributed by atoms with Gasteiger partial charge in [0.2, 0.25) is 0 Å². The van der Waals surface area contributed by atoms with Crippen LogP contribution in [0.15, 0.2) is 0 Å². The molecule has 1 saturated carbocycles. The van der Waals surface area contributed by atoms with Crippen LogP contribution in [0.5, 0.6) is 0 Å². The molecule has 2 atom stereocenters. The topological polar surface area (TPSA) is 71.8 Å². The predicted octanol–water partition coefficient (Wildman–Crippen LogP) is 1.74. The molecule has 0 unspecified atom stereocenters. The normalized spacial score (nSPS) is 23.5. The van der Waals surface area contributed by atoms with Crippen LogP contribution in [0.2, 0.25) is 0 Å². The smallest absolute Gasteiger partial charge is 0.315 e.